The van der Waals surface area contributed by atoms with Gasteiger partial charge in [0, 0.05) is 42.1 Å². The summed E-state index contributed by atoms with van der Waals surface area (Å²) in [5.74, 6) is 0. The molecule has 1 aliphatic heterocycles. The van der Waals surface area contributed by atoms with Crippen LogP contribution in [0.25, 0.3) is 11.1 Å². The molecule has 0 bridgehead atoms. The molecule has 2 N–H and O–H groups in total. The fourth-order valence-corrected chi connectivity index (χ4v) is 4.25. The minimum Gasteiger partial charge on any atom is -0.357 e. The lowest BCUT2D eigenvalue weighted by molar-refractivity contribution is 0.503. The summed E-state index contributed by atoms with van der Waals surface area (Å²) >= 11 is 0. The summed E-state index contributed by atoms with van der Waals surface area (Å²) in [6.45, 7) is 6.83. The lowest BCUT2D eigenvalue weighted by Gasteiger charge is -2.36. The average Bonchev–Trinajstić information content (AvgIpc) is 2.83. The molecular weight excluding hydrogens is 408 g/mol. The second-order valence-corrected chi connectivity index (χ2v) is 8.46. The molecule has 0 radical (unpaired) electrons. The van der Waals surface area contributed by atoms with Gasteiger partial charge in [0.2, 0.25) is 0 Å². The van der Waals surface area contributed by atoms with Crippen molar-refractivity contribution in [3.63, 3.8) is 0 Å². The highest BCUT2D eigenvalue weighted by Crippen LogP contribution is 2.34. The van der Waals surface area contributed by atoms with Crippen LogP contribution in [0.2, 0.25) is 0 Å². The molecule has 5 rings (SSSR count). The van der Waals surface area contributed by atoms with E-state index in [9.17, 15) is 0 Å². The van der Waals surface area contributed by atoms with Crippen molar-refractivity contribution in [1.82, 2.24) is 20.3 Å². The molecule has 0 saturated heterocycles. The van der Waals surface area contributed by atoms with Gasteiger partial charge >= 0.3 is 0 Å². The molecule has 1 aliphatic rings. The molecule has 4 heterocycles. The van der Waals surface area contributed by atoms with Crippen LogP contribution in [-0.4, -0.2) is 21.2 Å². The number of hydrogen-bond donors (Lipinski definition) is 2. The predicted octanol–water partition coefficient (Wildman–Crippen LogP) is 5.23. The molecule has 0 fully saturated rings. The van der Waals surface area contributed by atoms with Crippen molar-refractivity contribution in [3.05, 3.63) is 101 Å². The van der Waals surface area contributed by atoms with Gasteiger partial charge in [0.25, 0.3) is 0 Å². The van der Waals surface area contributed by atoms with E-state index in [1.54, 1.807) is 12.4 Å². The van der Waals surface area contributed by atoms with Crippen molar-refractivity contribution in [3.8, 4) is 11.1 Å². The zero-order valence-electron chi connectivity index (χ0n) is 19.0. The van der Waals surface area contributed by atoms with Crippen LogP contribution < -0.4 is 10.6 Å². The summed E-state index contributed by atoms with van der Waals surface area (Å²) in [4.78, 5) is 17.6. The van der Waals surface area contributed by atoms with E-state index >= 15 is 0 Å². The minimum absolute atomic E-state index is 0.656. The van der Waals surface area contributed by atoms with Crippen LogP contribution in [0.5, 0.6) is 0 Å². The Kier molecular flexibility index (Phi) is 5.44. The lowest BCUT2D eigenvalue weighted by Crippen LogP contribution is -2.51. The Labute approximate surface area is 193 Å². The van der Waals surface area contributed by atoms with Gasteiger partial charge in [-0.05, 0) is 73.4 Å². The Morgan fingerprint density at radius 2 is 1.70 bits per heavy atom. The van der Waals surface area contributed by atoms with Crippen LogP contribution >= 0.6 is 0 Å². The lowest BCUT2D eigenvalue weighted by atomic mass is 9.96. The van der Waals surface area contributed by atoms with Gasteiger partial charge in [0.15, 0.2) is 5.66 Å². The molecule has 3 aromatic heterocycles. The fraction of sp³-hybridized carbons (Fsp3) is 0.185. The van der Waals surface area contributed by atoms with Crippen LogP contribution in [-0.2, 0) is 12.2 Å². The number of nitrogens with one attached hydrogen (secondary N) is 2. The van der Waals surface area contributed by atoms with E-state index in [2.05, 4.69) is 68.9 Å². The van der Waals surface area contributed by atoms with E-state index in [0.29, 0.717) is 6.54 Å². The molecule has 1 atom stereocenters. The number of aromatic nitrogens is 3. The number of rotatable bonds is 5. The molecule has 1 unspecified atom stereocenters. The standard InChI is InChI=1S/C27H26N6/c1-18-12-21(4-5-24(18)22-6-10-29-19(2)13-22)15-32-27(23-7-11-30-20(3)14-23)17-31-26-16-28-9-8-25(26)33-27/h4-14,16-17,32-33H,15H2,1-3H3. The number of nitrogens with zero attached hydrogens (tertiary/aromatic N) is 4. The molecule has 33 heavy (non-hydrogen) atoms. The highest BCUT2D eigenvalue weighted by atomic mass is 15.2. The van der Waals surface area contributed by atoms with Gasteiger partial charge in [0.05, 0.1) is 18.1 Å². The molecular formula is C27H26N6. The van der Waals surface area contributed by atoms with Crippen molar-refractivity contribution >= 4 is 17.6 Å². The fourth-order valence-electron chi connectivity index (χ4n) is 4.25. The zero-order valence-corrected chi connectivity index (χ0v) is 19.0. The number of pyridine rings is 3. The van der Waals surface area contributed by atoms with Crippen LogP contribution in [0.3, 0.4) is 0 Å². The van der Waals surface area contributed by atoms with Crippen LogP contribution in [0.4, 0.5) is 11.4 Å². The topological polar surface area (TPSA) is 75.1 Å². The maximum absolute atomic E-state index is 4.71. The van der Waals surface area contributed by atoms with Gasteiger partial charge in [0.1, 0.15) is 5.69 Å². The Balaban J connectivity index is 1.45. The van der Waals surface area contributed by atoms with Gasteiger partial charge in [-0.25, -0.2) is 0 Å². The predicted molar refractivity (Wildman–Crippen MR) is 133 cm³/mol. The maximum Gasteiger partial charge on any atom is 0.152 e. The molecule has 6 heteroatoms. The van der Waals surface area contributed by atoms with E-state index in [4.69, 9.17) is 4.99 Å². The first-order chi connectivity index (χ1) is 16.0. The molecule has 6 nitrogen and oxygen atoms in total. The summed E-state index contributed by atoms with van der Waals surface area (Å²) < 4.78 is 0. The number of anilines is 1. The minimum atomic E-state index is -0.656. The third-order valence-electron chi connectivity index (χ3n) is 5.95. The molecule has 164 valence electrons. The molecule has 0 aliphatic carbocycles. The second-order valence-electron chi connectivity index (χ2n) is 8.46. The van der Waals surface area contributed by atoms with Crippen LogP contribution in [0.15, 0.2) is 78.3 Å². The molecule has 0 saturated carbocycles. The first-order valence-corrected chi connectivity index (χ1v) is 11.0. The van der Waals surface area contributed by atoms with Gasteiger partial charge in [-0.2, -0.15) is 0 Å². The highest BCUT2D eigenvalue weighted by molar-refractivity contribution is 5.87. The summed E-state index contributed by atoms with van der Waals surface area (Å²) in [6.07, 6.45) is 9.16. The van der Waals surface area contributed by atoms with E-state index in [1.807, 2.05) is 44.6 Å². The third-order valence-corrected chi connectivity index (χ3v) is 5.95. The average molecular weight is 435 g/mol. The van der Waals surface area contributed by atoms with Crippen molar-refractivity contribution in [2.24, 2.45) is 4.99 Å². The van der Waals surface area contributed by atoms with Crippen molar-refractivity contribution in [2.75, 3.05) is 5.32 Å². The number of hydrogen-bond acceptors (Lipinski definition) is 6. The monoisotopic (exact) mass is 434 g/mol. The summed E-state index contributed by atoms with van der Waals surface area (Å²) in [6, 6.07) is 16.8. The van der Waals surface area contributed by atoms with E-state index in [-0.39, 0.29) is 0 Å². The SMILES string of the molecule is Cc1cc(-c2ccc(CNC3(c4ccnc(C)c4)C=Nc4cnccc4N3)cc2C)ccn1. The molecule has 0 spiro atoms. The summed E-state index contributed by atoms with van der Waals surface area (Å²) in [5.41, 5.74) is 8.99. The van der Waals surface area contributed by atoms with Crippen molar-refractivity contribution in [2.45, 2.75) is 33.0 Å². The zero-order chi connectivity index (χ0) is 22.8. The van der Waals surface area contributed by atoms with Crippen molar-refractivity contribution < 1.29 is 0 Å². The van der Waals surface area contributed by atoms with E-state index < -0.39 is 5.66 Å². The number of aliphatic imine (C=N–C) groups is 1. The number of aryl methyl sites for hydroxylation is 3. The van der Waals surface area contributed by atoms with Crippen molar-refractivity contribution in [1.29, 1.82) is 0 Å². The van der Waals surface area contributed by atoms with E-state index in [1.165, 1.54) is 22.3 Å². The molecule has 4 aromatic rings. The van der Waals surface area contributed by atoms with Gasteiger partial charge in [-0.15, -0.1) is 0 Å². The Hall–Kier alpha value is -3.90. The smallest absolute Gasteiger partial charge is 0.152 e. The number of benzene rings is 1. The first-order valence-electron chi connectivity index (χ1n) is 11.0. The van der Waals surface area contributed by atoms with Gasteiger partial charge < -0.3 is 5.32 Å². The first kappa shape index (κ1) is 21.0. The highest BCUT2D eigenvalue weighted by Gasteiger charge is 2.33. The van der Waals surface area contributed by atoms with E-state index in [0.717, 1.165) is 28.3 Å². The van der Waals surface area contributed by atoms with Crippen LogP contribution in [0, 0.1) is 20.8 Å². The normalized spacial score (nSPS) is 16.8. The molecule has 1 aromatic carbocycles. The summed E-state index contributed by atoms with van der Waals surface area (Å²) in [5, 5.41) is 7.36. The largest absolute Gasteiger partial charge is 0.357 e. The second kappa shape index (κ2) is 8.56. The van der Waals surface area contributed by atoms with Gasteiger partial charge in [-0.3, -0.25) is 25.3 Å². The Morgan fingerprint density at radius 3 is 2.48 bits per heavy atom. The number of fused-ring (bicyclic) bond motifs is 1. The summed E-state index contributed by atoms with van der Waals surface area (Å²) in [7, 11) is 0. The Morgan fingerprint density at radius 1 is 0.879 bits per heavy atom. The van der Waals surface area contributed by atoms with Crippen LogP contribution in [0.1, 0.15) is 28.1 Å². The quantitative estimate of drug-likeness (QED) is 0.450. The molecule has 0 amide bonds. The third kappa shape index (κ3) is 4.25. The Bertz CT molecular complexity index is 1350. The van der Waals surface area contributed by atoms with Gasteiger partial charge in [-0.1, -0.05) is 18.2 Å². The maximum atomic E-state index is 4.71.